The molecular weight excluding hydrogens is 320 g/mol. The molecule has 0 heterocycles. The van der Waals surface area contributed by atoms with Crippen molar-refractivity contribution in [1.82, 2.24) is 10.9 Å². The molecule has 6 nitrogen and oxygen atoms in total. The monoisotopic (exact) mass is 338 g/mol. The average Bonchev–Trinajstić information content (AvgIpc) is 2.65. The van der Waals surface area contributed by atoms with Gasteiger partial charge in [-0.2, -0.15) is 0 Å². The molecule has 2 aromatic carbocycles. The van der Waals surface area contributed by atoms with Gasteiger partial charge < -0.3 is 4.74 Å². The van der Waals surface area contributed by atoms with Crippen LogP contribution in [0.4, 0.5) is 0 Å². The Labute approximate surface area is 145 Å². The molecule has 0 saturated carbocycles. The minimum atomic E-state index is -0.637. The summed E-state index contributed by atoms with van der Waals surface area (Å²) >= 11 is 0. The van der Waals surface area contributed by atoms with Gasteiger partial charge in [0.15, 0.2) is 0 Å². The highest BCUT2D eigenvalue weighted by atomic mass is 16.5. The topological polar surface area (TPSA) is 84.5 Å². The minimum absolute atomic E-state index is 0.223. The normalized spacial score (nSPS) is 10.3. The van der Waals surface area contributed by atoms with Gasteiger partial charge in [0, 0.05) is 17.7 Å². The number of carbonyl (C=O) groups is 3. The van der Waals surface area contributed by atoms with Gasteiger partial charge in [-0.05, 0) is 30.2 Å². The molecule has 0 fully saturated rings. The Morgan fingerprint density at radius 1 is 0.880 bits per heavy atom. The molecule has 0 saturated heterocycles. The Morgan fingerprint density at radius 3 is 2.16 bits per heavy atom. The number of rotatable bonds is 5. The zero-order valence-corrected chi connectivity index (χ0v) is 13.7. The number of benzene rings is 2. The third kappa shape index (κ3) is 5.62. The molecule has 2 N–H and O–H groups in total. The number of amides is 2. The zero-order valence-electron chi connectivity index (χ0n) is 13.7. The van der Waals surface area contributed by atoms with E-state index in [4.69, 9.17) is 0 Å². The number of hydrogen-bond acceptors (Lipinski definition) is 4. The van der Waals surface area contributed by atoms with Gasteiger partial charge in [0.05, 0.1) is 6.61 Å². The summed E-state index contributed by atoms with van der Waals surface area (Å²) in [5.74, 6) is -1.72. The number of carbonyl (C=O) groups excluding carboxylic acids is 3. The van der Waals surface area contributed by atoms with Crippen molar-refractivity contribution in [3.8, 4) is 11.1 Å². The van der Waals surface area contributed by atoms with E-state index in [1.54, 1.807) is 19.1 Å². The third-order valence-electron chi connectivity index (χ3n) is 3.21. The number of ether oxygens (including phenoxy) is 1. The van der Waals surface area contributed by atoms with E-state index in [2.05, 4.69) is 15.6 Å². The van der Waals surface area contributed by atoms with Crippen LogP contribution in [0.3, 0.4) is 0 Å². The van der Waals surface area contributed by atoms with E-state index < -0.39 is 17.8 Å². The summed E-state index contributed by atoms with van der Waals surface area (Å²) in [6.07, 6.45) is 1.97. The Hall–Kier alpha value is -3.41. The molecule has 0 aliphatic carbocycles. The molecule has 2 aromatic rings. The van der Waals surface area contributed by atoms with Gasteiger partial charge in [-0.25, -0.2) is 4.79 Å². The van der Waals surface area contributed by atoms with Crippen LogP contribution in [0.2, 0.25) is 0 Å². The predicted octanol–water partition coefficient (Wildman–Crippen LogP) is 2.23. The summed E-state index contributed by atoms with van der Waals surface area (Å²) in [5, 5.41) is 0. The molecule has 25 heavy (non-hydrogen) atoms. The van der Waals surface area contributed by atoms with E-state index >= 15 is 0 Å². The van der Waals surface area contributed by atoms with Gasteiger partial charge in [0.25, 0.3) is 11.8 Å². The molecule has 2 rings (SSSR count). The maximum Gasteiger partial charge on any atom is 0.330 e. The maximum atomic E-state index is 12.0. The van der Waals surface area contributed by atoms with E-state index in [0.717, 1.165) is 23.3 Å². The van der Waals surface area contributed by atoms with Crippen molar-refractivity contribution in [3.63, 3.8) is 0 Å². The summed E-state index contributed by atoms with van der Waals surface area (Å²) in [4.78, 5) is 34.6. The van der Waals surface area contributed by atoms with Crippen LogP contribution in [0.25, 0.3) is 11.1 Å². The van der Waals surface area contributed by atoms with Gasteiger partial charge in [0.2, 0.25) is 0 Å². The lowest BCUT2D eigenvalue weighted by Gasteiger charge is -2.06. The van der Waals surface area contributed by atoms with Crippen LogP contribution in [0.1, 0.15) is 17.3 Å². The Kier molecular flexibility index (Phi) is 6.47. The first-order valence-electron chi connectivity index (χ1n) is 7.71. The highest BCUT2D eigenvalue weighted by Crippen LogP contribution is 2.19. The number of esters is 1. The van der Waals surface area contributed by atoms with E-state index in [0.29, 0.717) is 5.56 Å². The van der Waals surface area contributed by atoms with Crippen molar-refractivity contribution in [1.29, 1.82) is 0 Å². The first-order valence-corrected chi connectivity index (χ1v) is 7.71. The average molecular weight is 338 g/mol. The lowest BCUT2D eigenvalue weighted by molar-refractivity contribution is -0.137. The smallest absolute Gasteiger partial charge is 0.330 e. The van der Waals surface area contributed by atoms with E-state index in [1.165, 1.54) is 0 Å². The fourth-order valence-corrected chi connectivity index (χ4v) is 2.01. The maximum absolute atomic E-state index is 12.0. The molecule has 0 aliphatic heterocycles. The lowest BCUT2D eigenvalue weighted by Crippen LogP contribution is -2.40. The highest BCUT2D eigenvalue weighted by Gasteiger charge is 2.07. The quantitative estimate of drug-likeness (QED) is 0.497. The largest absolute Gasteiger partial charge is 0.463 e. The van der Waals surface area contributed by atoms with Gasteiger partial charge >= 0.3 is 5.97 Å². The zero-order chi connectivity index (χ0) is 18.1. The Bertz CT molecular complexity index is 768. The van der Waals surface area contributed by atoms with Crippen molar-refractivity contribution >= 4 is 17.8 Å². The molecule has 0 radical (unpaired) electrons. The predicted molar refractivity (Wildman–Crippen MR) is 93.3 cm³/mol. The third-order valence-corrected chi connectivity index (χ3v) is 3.21. The second-order valence-electron chi connectivity index (χ2n) is 4.97. The second-order valence-corrected chi connectivity index (χ2v) is 4.97. The lowest BCUT2D eigenvalue weighted by atomic mass is 10.0. The molecule has 128 valence electrons. The molecule has 6 heteroatoms. The second kappa shape index (κ2) is 9.02. The molecule has 0 aliphatic rings. The molecule has 2 amide bonds. The highest BCUT2D eigenvalue weighted by molar-refractivity contribution is 5.98. The molecule has 0 unspecified atom stereocenters. The fourth-order valence-electron chi connectivity index (χ4n) is 2.01. The van der Waals surface area contributed by atoms with Crippen LogP contribution in [0, 0.1) is 0 Å². The van der Waals surface area contributed by atoms with Crippen LogP contribution in [0.15, 0.2) is 66.7 Å². The Balaban J connectivity index is 1.89. The fraction of sp³-hybridized carbons (Fsp3) is 0.105. The van der Waals surface area contributed by atoms with E-state index in [1.807, 2.05) is 42.5 Å². The van der Waals surface area contributed by atoms with Gasteiger partial charge in [-0.1, -0.05) is 42.5 Å². The van der Waals surface area contributed by atoms with Gasteiger partial charge in [-0.15, -0.1) is 0 Å². The van der Waals surface area contributed by atoms with Crippen LogP contribution in [-0.2, 0) is 14.3 Å². The van der Waals surface area contributed by atoms with Crippen molar-refractivity contribution in [3.05, 3.63) is 72.3 Å². The van der Waals surface area contributed by atoms with Crippen molar-refractivity contribution in [2.75, 3.05) is 6.61 Å². The SMILES string of the molecule is CCOC(=O)C=CC(=O)NNC(=O)c1ccc(-c2ccccc2)cc1. The molecular formula is C19H18N2O4. The summed E-state index contributed by atoms with van der Waals surface area (Å²) in [7, 11) is 0. The molecule has 0 atom stereocenters. The van der Waals surface area contributed by atoms with Crippen molar-refractivity contribution in [2.45, 2.75) is 6.92 Å². The van der Waals surface area contributed by atoms with Crippen LogP contribution >= 0.6 is 0 Å². The summed E-state index contributed by atoms with van der Waals surface area (Å²) in [5.41, 5.74) is 6.89. The number of nitrogens with one attached hydrogen (secondary N) is 2. The minimum Gasteiger partial charge on any atom is -0.463 e. The van der Waals surface area contributed by atoms with E-state index in [9.17, 15) is 14.4 Å². The van der Waals surface area contributed by atoms with Crippen LogP contribution < -0.4 is 10.9 Å². The van der Waals surface area contributed by atoms with Crippen molar-refractivity contribution in [2.24, 2.45) is 0 Å². The molecule has 0 bridgehead atoms. The van der Waals surface area contributed by atoms with E-state index in [-0.39, 0.29) is 6.61 Å². The van der Waals surface area contributed by atoms with Gasteiger partial charge in [-0.3, -0.25) is 20.4 Å². The van der Waals surface area contributed by atoms with Crippen molar-refractivity contribution < 1.29 is 19.1 Å². The van der Waals surface area contributed by atoms with Crippen LogP contribution in [0.5, 0.6) is 0 Å². The molecule has 0 aromatic heterocycles. The van der Waals surface area contributed by atoms with Crippen LogP contribution in [-0.4, -0.2) is 24.4 Å². The number of hydrazine groups is 1. The standard InChI is InChI=1S/C19H18N2O4/c1-2-25-18(23)13-12-17(22)20-21-19(24)16-10-8-15(9-11-16)14-6-4-3-5-7-14/h3-13H,2H2,1H3,(H,20,22)(H,21,24). The Morgan fingerprint density at radius 2 is 1.52 bits per heavy atom. The summed E-state index contributed by atoms with van der Waals surface area (Å²) in [6, 6.07) is 16.8. The molecule has 0 spiro atoms. The summed E-state index contributed by atoms with van der Waals surface area (Å²) < 4.78 is 4.64. The number of hydrogen-bond donors (Lipinski definition) is 2. The first kappa shape index (κ1) is 17.9. The van der Waals surface area contributed by atoms with Gasteiger partial charge in [0.1, 0.15) is 0 Å². The summed E-state index contributed by atoms with van der Waals surface area (Å²) in [6.45, 7) is 1.88. The first-order chi connectivity index (χ1) is 12.1.